The number of hydrogen-bond acceptors (Lipinski definition) is 4. The zero-order valence-corrected chi connectivity index (χ0v) is 33.3. The van der Waals surface area contributed by atoms with Gasteiger partial charge in [-0.05, 0) is 78.1 Å². The molecule has 0 radical (unpaired) electrons. The first kappa shape index (κ1) is 35.3. The number of aryl methyl sites for hydroxylation is 5. The fraction of sp³-hybridized carbons (Fsp3) is 0.176. The van der Waals surface area contributed by atoms with E-state index in [-0.39, 0.29) is 5.41 Å². The van der Waals surface area contributed by atoms with Crippen LogP contribution in [0.2, 0.25) is 0 Å². The van der Waals surface area contributed by atoms with Gasteiger partial charge < -0.3 is 4.42 Å². The summed E-state index contributed by atoms with van der Waals surface area (Å²) in [7, 11) is 2.14. The molecule has 9 aromatic rings. The van der Waals surface area contributed by atoms with Gasteiger partial charge in [-0.3, -0.25) is 0 Å². The van der Waals surface area contributed by atoms with Crippen LogP contribution in [-0.4, -0.2) is 15.0 Å². The maximum atomic E-state index is 6.83. The zero-order chi connectivity index (χ0) is 38.9. The quantitative estimate of drug-likeness (QED) is 0.166. The number of aromatic nitrogens is 4. The van der Waals surface area contributed by atoms with Crippen molar-refractivity contribution in [1.29, 1.82) is 0 Å². The van der Waals surface area contributed by atoms with Crippen molar-refractivity contribution in [3.05, 3.63) is 156 Å². The summed E-state index contributed by atoms with van der Waals surface area (Å²) in [6.45, 7) is 15.3. The number of rotatable bonds is 5. The number of furan rings is 1. The molecule has 6 aromatic carbocycles. The molecule has 0 atom stereocenters. The molecule has 0 amide bonds. The van der Waals surface area contributed by atoms with Crippen LogP contribution in [0, 0.1) is 27.7 Å². The Kier molecular flexibility index (Phi) is 8.42. The van der Waals surface area contributed by atoms with Crippen molar-refractivity contribution in [2.75, 3.05) is 0 Å². The Morgan fingerprint density at radius 1 is 0.500 bits per heavy atom. The lowest BCUT2D eigenvalue weighted by atomic mass is 9.88. The molecule has 5 nitrogen and oxygen atoms in total. The lowest BCUT2D eigenvalue weighted by Gasteiger charge is -2.18. The highest BCUT2D eigenvalue weighted by Crippen LogP contribution is 2.42. The molecule has 0 aliphatic carbocycles. The SMILES string of the molecule is Cc1c[n+](C)c(-c2c(C)ccc3c2oc2c4ccccc4ccc32)cc1-c1c(C)cc(-c2ccc(-c3nc(-c4ccccc4)nc(C(C)(C)C)n3)cc2)cc1C. The monoisotopic (exact) mass is 729 g/mol. The maximum Gasteiger partial charge on any atom is 0.216 e. The maximum absolute atomic E-state index is 6.83. The van der Waals surface area contributed by atoms with E-state index in [0.717, 1.165) is 61.1 Å². The van der Waals surface area contributed by atoms with E-state index in [9.17, 15) is 0 Å². The molecule has 0 aliphatic rings. The molecule has 56 heavy (non-hydrogen) atoms. The Balaban J connectivity index is 1.10. The number of fused-ring (bicyclic) bond motifs is 5. The van der Waals surface area contributed by atoms with E-state index in [0.29, 0.717) is 11.6 Å². The van der Waals surface area contributed by atoms with Gasteiger partial charge in [-0.25, -0.2) is 19.5 Å². The molecule has 5 heteroatoms. The second-order valence-electron chi connectivity index (χ2n) is 16.3. The smallest absolute Gasteiger partial charge is 0.216 e. The van der Waals surface area contributed by atoms with Gasteiger partial charge in [-0.1, -0.05) is 130 Å². The summed E-state index contributed by atoms with van der Waals surface area (Å²) in [5, 5.41) is 4.60. The summed E-state index contributed by atoms with van der Waals surface area (Å²) < 4.78 is 9.08. The van der Waals surface area contributed by atoms with Crippen molar-refractivity contribution >= 4 is 32.7 Å². The lowest BCUT2D eigenvalue weighted by Crippen LogP contribution is -2.31. The van der Waals surface area contributed by atoms with E-state index in [1.54, 1.807) is 0 Å². The van der Waals surface area contributed by atoms with Gasteiger partial charge in [0.1, 0.15) is 24.0 Å². The molecule has 274 valence electrons. The molecule has 0 bridgehead atoms. The van der Waals surface area contributed by atoms with Gasteiger partial charge in [0.05, 0.1) is 5.56 Å². The van der Waals surface area contributed by atoms with Gasteiger partial charge in [0.2, 0.25) is 5.69 Å². The summed E-state index contributed by atoms with van der Waals surface area (Å²) in [5.41, 5.74) is 15.5. The molecule has 0 N–H and O–H groups in total. The van der Waals surface area contributed by atoms with E-state index >= 15 is 0 Å². The molecule has 9 rings (SSSR count). The zero-order valence-electron chi connectivity index (χ0n) is 33.3. The van der Waals surface area contributed by atoms with Crippen molar-refractivity contribution in [2.45, 2.75) is 53.9 Å². The topological polar surface area (TPSA) is 55.7 Å². The Labute approximate surface area is 328 Å². The van der Waals surface area contributed by atoms with Gasteiger partial charge in [-0.15, -0.1) is 0 Å². The number of nitrogens with zero attached hydrogens (tertiary/aromatic N) is 4. The Morgan fingerprint density at radius 3 is 1.80 bits per heavy atom. The molecule has 0 spiro atoms. The Morgan fingerprint density at radius 2 is 1.11 bits per heavy atom. The van der Waals surface area contributed by atoms with Gasteiger partial charge in [0.25, 0.3) is 0 Å². The first-order chi connectivity index (χ1) is 26.9. The first-order valence-corrected chi connectivity index (χ1v) is 19.3. The Hall–Kier alpha value is -6.46. The van der Waals surface area contributed by atoms with Crippen LogP contribution in [0.3, 0.4) is 0 Å². The highest BCUT2D eigenvalue weighted by Gasteiger charge is 2.25. The summed E-state index contributed by atoms with van der Waals surface area (Å²) in [4.78, 5) is 14.7. The summed E-state index contributed by atoms with van der Waals surface area (Å²) in [5.74, 6) is 2.15. The third-order valence-electron chi connectivity index (χ3n) is 11.1. The van der Waals surface area contributed by atoms with Crippen LogP contribution >= 0.6 is 0 Å². The fourth-order valence-corrected chi connectivity index (χ4v) is 8.21. The standard InChI is InChI=1S/C51H45N4O/c1-30-18-24-41-40-25-23-35-14-12-13-17-39(35)46(40)56-47(41)45(30)43-28-42(33(4)29-55(43)8)44-31(2)26-38(27-32(44)3)34-19-21-37(22-20-34)49-52-48(36-15-10-9-11-16-36)53-50(54-49)51(5,6)7/h9-29H,1-8H3/q+1. The molecular weight excluding hydrogens is 685 g/mol. The highest BCUT2D eigenvalue weighted by atomic mass is 16.3. The molecule has 0 unspecified atom stereocenters. The summed E-state index contributed by atoms with van der Waals surface area (Å²) in [6, 6.07) is 43.0. The van der Waals surface area contributed by atoms with E-state index in [1.165, 1.54) is 44.3 Å². The second-order valence-corrected chi connectivity index (χ2v) is 16.3. The average molecular weight is 730 g/mol. The third-order valence-corrected chi connectivity index (χ3v) is 11.1. The van der Waals surface area contributed by atoms with Gasteiger partial charge in [0, 0.05) is 44.3 Å². The number of pyridine rings is 1. The van der Waals surface area contributed by atoms with Gasteiger partial charge in [-0.2, -0.15) is 0 Å². The van der Waals surface area contributed by atoms with Crippen molar-refractivity contribution in [1.82, 2.24) is 15.0 Å². The van der Waals surface area contributed by atoms with Crippen molar-refractivity contribution in [3.63, 3.8) is 0 Å². The van der Waals surface area contributed by atoms with E-state index in [1.807, 2.05) is 30.3 Å². The molecule has 3 heterocycles. The van der Waals surface area contributed by atoms with Crippen LogP contribution in [0.4, 0.5) is 0 Å². The van der Waals surface area contributed by atoms with Gasteiger partial charge >= 0.3 is 0 Å². The molecule has 0 aliphatic heterocycles. The molecule has 3 aromatic heterocycles. The van der Waals surface area contributed by atoms with Crippen molar-refractivity contribution < 1.29 is 8.98 Å². The fourth-order valence-electron chi connectivity index (χ4n) is 8.21. The normalized spacial score (nSPS) is 11.9. The van der Waals surface area contributed by atoms with Crippen LogP contribution < -0.4 is 4.57 Å². The molecule has 0 fully saturated rings. The lowest BCUT2D eigenvalue weighted by molar-refractivity contribution is -0.660. The van der Waals surface area contributed by atoms with Crippen LogP contribution in [-0.2, 0) is 12.5 Å². The van der Waals surface area contributed by atoms with Crippen molar-refractivity contribution in [3.8, 4) is 56.3 Å². The highest BCUT2D eigenvalue weighted by molar-refractivity contribution is 6.17. The predicted molar refractivity (Wildman–Crippen MR) is 231 cm³/mol. The number of hydrogen-bond donors (Lipinski definition) is 0. The van der Waals surface area contributed by atoms with E-state index < -0.39 is 0 Å². The minimum absolute atomic E-state index is 0.220. The van der Waals surface area contributed by atoms with E-state index in [4.69, 9.17) is 19.4 Å². The van der Waals surface area contributed by atoms with Gasteiger partial charge in [0.15, 0.2) is 17.8 Å². The van der Waals surface area contributed by atoms with E-state index in [2.05, 4.69) is 157 Å². The summed E-state index contributed by atoms with van der Waals surface area (Å²) in [6.07, 6.45) is 2.25. The molecule has 0 saturated heterocycles. The minimum Gasteiger partial charge on any atom is -0.454 e. The average Bonchev–Trinajstić information content (AvgIpc) is 3.58. The van der Waals surface area contributed by atoms with Crippen LogP contribution in [0.1, 0.15) is 48.8 Å². The molecule has 0 saturated carbocycles. The third kappa shape index (κ3) is 6.04. The Bertz CT molecular complexity index is 2960. The minimum atomic E-state index is -0.220. The van der Waals surface area contributed by atoms with Crippen LogP contribution in [0.25, 0.3) is 89.0 Å². The molecular formula is C51H45N4O+. The first-order valence-electron chi connectivity index (χ1n) is 19.3. The summed E-state index contributed by atoms with van der Waals surface area (Å²) >= 11 is 0. The van der Waals surface area contributed by atoms with Crippen molar-refractivity contribution in [2.24, 2.45) is 7.05 Å². The largest absolute Gasteiger partial charge is 0.454 e. The number of benzene rings is 6. The van der Waals surface area contributed by atoms with Crippen LogP contribution in [0.15, 0.2) is 132 Å². The second kappa shape index (κ2) is 13.4. The van der Waals surface area contributed by atoms with Crippen LogP contribution in [0.5, 0.6) is 0 Å². The predicted octanol–water partition coefficient (Wildman–Crippen LogP) is 12.6.